The number of aryl methyl sites for hydroxylation is 1. The Balaban J connectivity index is 0.000000221. The molecule has 3 amide bonds. The number of ether oxygens (including phenoxy) is 5. The number of nitrogens with zero attached hydrogens (tertiary/aromatic N) is 6. The molecule has 5 aromatic rings. The van der Waals surface area contributed by atoms with Crippen LogP contribution in [0.4, 0.5) is 0 Å². The first-order chi connectivity index (χ1) is 36.7. The lowest BCUT2D eigenvalue weighted by Crippen LogP contribution is -2.55. The van der Waals surface area contributed by atoms with Gasteiger partial charge in [0, 0.05) is 56.2 Å². The molecule has 0 spiro atoms. The van der Waals surface area contributed by atoms with Gasteiger partial charge in [-0.25, -0.2) is 4.98 Å². The van der Waals surface area contributed by atoms with Crippen molar-refractivity contribution in [2.75, 3.05) is 79.5 Å². The zero-order valence-corrected chi connectivity index (χ0v) is 45.6. The van der Waals surface area contributed by atoms with Crippen molar-refractivity contribution >= 4 is 52.6 Å². The van der Waals surface area contributed by atoms with E-state index in [0.29, 0.717) is 82.5 Å². The third-order valence-electron chi connectivity index (χ3n) is 12.5. The summed E-state index contributed by atoms with van der Waals surface area (Å²) in [5.41, 5.74) is 6.98. The number of hydrogen-bond acceptors (Lipinski definition) is 16. The van der Waals surface area contributed by atoms with Crippen LogP contribution in [0.15, 0.2) is 87.1 Å². The number of nitrogens with two attached hydrogens (primary N) is 1. The van der Waals surface area contributed by atoms with Gasteiger partial charge in [-0.3, -0.25) is 19.8 Å². The normalized spacial score (nSPS) is 15.3. The number of amidine groups is 1. The average Bonchev–Trinajstić information content (AvgIpc) is 4.18. The maximum Gasteiger partial charge on any atom is 0.245 e. The third kappa shape index (κ3) is 19.9. The van der Waals surface area contributed by atoms with Crippen LogP contribution in [-0.4, -0.2) is 148 Å². The van der Waals surface area contributed by atoms with Crippen molar-refractivity contribution in [1.82, 2.24) is 30.6 Å². The average molecular weight is 1070 g/mol. The summed E-state index contributed by atoms with van der Waals surface area (Å²) in [5, 5.41) is 25.1. The first-order valence-corrected chi connectivity index (χ1v) is 26.7. The van der Waals surface area contributed by atoms with Crippen molar-refractivity contribution in [1.29, 1.82) is 5.41 Å². The molecule has 0 saturated carbocycles. The number of piperidine rings is 1. The molecule has 2 aliphatic heterocycles. The summed E-state index contributed by atoms with van der Waals surface area (Å²) in [6, 6.07) is 21.0. The number of carbonyl (C=O) groups is 4. The molecular weight excluding hydrogens is 993 g/mol. The quantitative estimate of drug-likeness (QED) is 0.00837. The molecule has 4 heterocycles. The molecule has 412 valence electrons. The van der Waals surface area contributed by atoms with Gasteiger partial charge in [-0.2, -0.15) is 0 Å². The van der Waals surface area contributed by atoms with Gasteiger partial charge in [0.2, 0.25) is 18.2 Å². The van der Waals surface area contributed by atoms with Crippen LogP contribution in [0.1, 0.15) is 83.0 Å². The van der Waals surface area contributed by atoms with Gasteiger partial charge in [-0.1, -0.05) is 67.5 Å². The van der Waals surface area contributed by atoms with E-state index in [1.165, 1.54) is 10.4 Å². The number of rotatable bonds is 25. The van der Waals surface area contributed by atoms with Gasteiger partial charge in [-0.05, 0) is 93.5 Å². The van der Waals surface area contributed by atoms with Crippen molar-refractivity contribution in [2.45, 2.75) is 97.9 Å². The van der Waals surface area contributed by atoms with Gasteiger partial charge in [0.05, 0.1) is 74.3 Å². The molecule has 2 atom stereocenters. The van der Waals surface area contributed by atoms with Crippen LogP contribution in [0.25, 0.3) is 32.7 Å². The van der Waals surface area contributed by atoms with Gasteiger partial charge in [0.25, 0.3) is 0 Å². The second kappa shape index (κ2) is 32.2. The van der Waals surface area contributed by atoms with E-state index < -0.39 is 6.04 Å². The van der Waals surface area contributed by atoms with E-state index in [0.717, 1.165) is 79.6 Å². The van der Waals surface area contributed by atoms with E-state index >= 15 is 0 Å². The standard InChI is InChI=1S/C23H42N2O7.C20H22N6O2.C12H12N2OS/c1-19-7-5-9-25(19)22(28)21(23(2,3)4)24-20(27)8-12-30-14-16-32-18-17-31-15-13-29-11-6-10-26;1-26-9-7-15(8-10-26)27-16-4-2-3-13(11-16)19-17-12-14(20(21)23-25-22)5-6-18(17)24-28-19;1-9-12(16-8-14-9)11-4-2-10(3-5-11)6-13-7-15/h10,19,21H,5-9,11-18H2,1-4H3,(H,24,27);2-6,11-12,15H,7-10H2,1H3,(H3,21,22,23);2-5,7-8H,6H2,1H3,(H,13,15). The molecule has 2 aliphatic rings. The number of likely N-dealkylation sites (tertiary alicyclic amines) is 2. The lowest BCUT2D eigenvalue weighted by molar-refractivity contribution is -0.140. The predicted octanol–water partition coefficient (Wildman–Crippen LogP) is 7.56. The Labute approximate surface area is 449 Å². The van der Waals surface area contributed by atoms with Crippen molar-refractivity contribution in [3.8, 4) is 27.5 Å². The zero-order chi connectivity index (χ0) is 54.7. The van der Waals surface area contributed by atoms with E-state index in [2.05, 4.69) is 62.1 Å². The number of benzene rings is 3. The lowest BCUT2D eigenvalue weighted by atomic mass is 9.85. The number of hydrogen-bond donors (Lipinski definition) is 4. The number of nitrogens with one attached hydrogen (secondary N) is 3. The molecule has 5 N–H and O–H groups in total. The van der Waals surface area contributed by atoms with Crippen LogP contribution < -0.4 is 21.2 Å². The first-order valence-electron chi connectivity index (χ1n) is 25.8. The summed E-state index contributed by atoms with van der Waals surface area (Å²) in [4.78, 5) is 55.3. The predicted molar refractivity (Wildman–Crippen MR) is 292 cm³/mol. The van der Waals surface area contributed by atoms with Crippen LogP contribution in [0.5, 0.6) is 5.75 Å². The highest BCUT2D eigenvalue weighted by Crippen LogP contribution is 2.33. The van der Waals surface area contributed by atoms with E-state index in [1.807, 2.05) is 80.6 Å². The number of carbonyl (C=O) groups excluding carboxylic acids is 4. The second-order valence-electron chi connectivity index (χ2n) is 19.5. The fourth-order valence-corrected chi connectivity index (χ4v) is 9.11. The minimum Gasteiger partial charge on any atom is -0.490 e. The maximum absolute atomic E-state index is 13.0. The van der Waals surface area contributed by atoms with Crippen LogP contribution in [0, 0.1) is 17.7 Å². The summed E-state index contributed by atoms with van der Waals surface area (Å²) in [7, 11) is 2.13. The smallest absolute Gasteiger partial charge is 0.245 e. The summed E-state index contributed by atoms with van der Waals surface area (Å²) in [6.45, 7) is 16.7. The summed E-state index contributed by atoms with van der Waals surface area (Å²) in [6.07, 6.45) is 6.42. The van der Waals surface area contributed by atoms with Crippen LogP contribution in [0.2, 0.25) is 0 Å². The zero-order valence-electron chi connectivity index (χ0n) is 44.8. The Morgan fingerprint density at radius 2 is 1.59 bits per heavy atom. The monoisotopic (exact) mass is 1070 g/mol. The van der Waals surface area contributed by atoms with E-state index in [4.69, 9.17) is 39.5 Å². The lowest BCUT2D eigenvalue weighted by Gasteiger charge is -2.35. The Kier molecular flexibility index (Phi) is 25.6. The van der Waals surface area contributed by atoms with E-state index in [9.17, 15) is 19.2 Å². The molecule has 0 aliphatic carbocycles. The largest absolute Gasteiger partial charge is 0.490 e. The number of thiazole rings is 1. The molecular formula is C55H76N10O10S. The molecule has 2 aromatic heterocycles. The molecule has 2 saturated heterocycles. The molecule has 21 heteroatoms. The van der Waals surface area contributed by atoms with E-state index in [1.54, 1.807) is 23.5 Å². The first kappa shape index (κ1) is 60.4. The highest BCUT2D eigenvalue weighted by Gasteiger charge is 2.38. The fraction of sp³-hybridized carbons (Fsp3) is 0.509. The number of aromatic nitrogens is 2. The molecule has 20 nitrogen and oxygen atoms in total. The van der Waals surface area contributed by atoms with Crippen molar-refractivity contribution < 1.29 is 47.4 Å². The minimum atomic E-state index is -0.547. The molecule has 0 radical (unpaired) electrons. The third-order valence-corrected chi connectivity index (χ3v) is 13.5. The maximum atomic E-state index is 13.0. The van der Waals surface area contributed by atoms with Gasteiger partial charge < -0.3 is 59.3 Å². The summed E-state index contributed by atoms with van der Waals surface area (Å²) in [5.74, 6) is 6.29. The van der Waals surface area contributed by atoms with Crippen LogP contribution in [-0.2, 0) is 44.7 Å². The SMILES string of the molecule is CC1CCCN1C(=O)C(NC(=O)CCOCCOCCOCCOCCC=O)C(C)(C)C.CN1CCC(Oc2cccc(-c3onc4ccc(C(=N)N=NN)cc34)c2)CC1.Cc1ncsc1-c1ccc(CNC=O)cc1. The number of fused-ring (bicyclic) bond motifs is 1. The van der Waals surface area contributed by atoms with Gasteiger partial charge in [-0.15, -0.1) is 16.5 Å². The number of aldehydes is 1. The molecule has 3 aromatic carbocycles. The second-order valence-corrected chi connectivity index (χ2v) is 20.3. The van der Waals surface area contributed by atoms with E-state index in [-0.39, 0.29) is 48.2 Å². The Hall–Kier alpha value is -6.49. The van der Waals surface area contributed by atoms with Crippen molar-refractivity contribution in [3.63, 3.8) is 0 Å². The minimum absolute atomic E-state index is 0.0000802. The number of amides is 3. The molecule has 0 bridgehead atoms. The Bertz CT molecular complexity index is 2590. The van der Waals surface area contributed by atoms with Crippen LogP contribution >= 0.6 is 11.3 Å². The van der Waals surface area contributed by atoms with Crippen molar-refractivity contribution in [3.05, 3.63) is 89.1 Å². The Morgan fingerprint density at radius 1 is 0.908 bits per heavy atom. The van der Waals surface area contributed by atoms with Crippen molar-refractivity contribution in [2.24, 2.45) is 21.6 Å². The summed E-state index contributed by atoms with van der Waals surface area (Å²) < 4.78 is 33.2. The highest BCUT2D eigenvalue weighted by atomic mass is 32.1. The van der Waals surface area contributed by atoms with Gasteiger partial charge in [0.1, 0.15) is 29.7 Å². The molecule has 2 fully saturated rings. The molecule has 7 rings (SSSR count). The Morgan fingerprint density at radius 3 is 2.20 bits per heavy atom. The highest BCUT2D eigenvalue weighted by molar-refractivity contribution is 7.13. The van der Waals surface area contributed by atoms with Gasteiger partial charge in [0.15, 0.2) is 11.6 Å². The fourth-order valence-electron chi connectivity index (χ4n) is 8.30. The van der Waals surface area contributed by atoms with Crippen LogP contribution in [0.3, 0.4) is 0 Å². The topological polar surface area (TPSA) is 258 Å². The molecule has 76 heavy (non-hydrogen) atoms. The molecule has 2 unspecified atom stereocenters. The van der Waals surface area contributed by atoms with Gasteiger partial charge >= 0.3 is 0 Å². The summed E-state index contributed by atoms with van der Waals surface area (Å²) >= 11 is 1.64.